The Kier molecular flexibility index (Phi) is 7.07. The Morgan fingerprint density at radius 2 is 1.82 bits per heavy atom. The van der Waals surface area contributed by atoms with E-state index in [1.165, 1.54) is 0 Å². The Morgan fingerprint density at radius 1 is 1.11 bits per heavy atom. The molecule has 2 aromatic rings. The van der Waals surface area contributed by atoms with E-state index in [0.29, 0.717) is 43.4 Å². The van der Waals surface area contributed by atoms with Crippen LogP contribution in [0.4, 0.5) is 5.69 Å². The van der Waals surface area contributed by atoms with E-state index in [0.717, 1.165) is 16.2 Å². The molecule has 1 amide bonds. The number of hydrogen-bond acceptors (Lipinski definition) is 6. The summed E-state index contributed by atoms with van der Waals surface area (Å²) >= 11 is 1.57. The summed E-state index contributed by atoms with van der Waals surface area (Å²) in [6.45, 7) is 1.45. The topological polar surface area (TPSA) is 82.8 Å². The highest BCUT2D eigenvalue weighted by molar-refractivity contribution is 7.99. The molecular formula is C20H23ClN2O4S. The molecule has 0 unspecified atom stereocenters. The van der Waals surface area contributed by atoms with E-state index >= 15 is 0 Å². The van der Waals surface area contributed by atoms with Gasteiger partial charge in [-0.3, -0.25) is 4.79 Å². The van der Waals surface area contributed by atoms with E-state index in [9.17, 15) is 4.79 Å². The van der Waals surface area contributed by atoms with Gasteiger partial charge in [0.05, 0.1) is 11.8 Å². The molecule has 2 atom stereocenters. The zero-order chi connectivity index (χ0) is 18.6. The zero-order valence-corrected chi connectivity index (χ0v) is 16.9. The van der Waals surface area contributed by atoms with Crippen molar-refractivity contribution < 1.29 is 19.0 Å². The molecule has 0 saturated carbocycles. The summed E-state index contributed by atoms with van der Waals surface area (Å²) in [4.78, 5) is 14.7. The highest BCUT2D eigenvalue weighted by Crippen LogP contribution is 2.42. The van der Waals surface area contributed by atoms with Crippen molar-refractivity contribution in [1.82, 2.24) is 0 Å². The lowest BCUT2D eigenvalue weighted by Gasteiger charge is -2.22. The molecule has 150 valence electrons. The number of nitrogens with one attached hydrogen (secondary N) is 1. The number of rotatable bonds is 5. The molecule has 0 aliphatic carbocycles. The molecule has 0 spiro atoms. The number of amides is 1. The number of ether oxygens (including phenoxy) is 3. The fourth-order valence-corrected chi connectivity index (χ4v) is 4.09. The van der Waals surface area contributed by atoms with Gasteiger partial charge in [-0.2, -0.15) is 0 Å². The molecule has 1 saturated heterocycles. The van der Waals surface area contributed by atoms with Gasteiger partial charge in [0.1, 0.15) is 19.3 Å². The largest absolute Gasteiger partial charge is 0.486 e. The van der Waals surface area contributed by atoms with E-state index in [1.807, 2.05) is 42.5 Å². The number of nitrogens with two attached hydrogens (primary N) is 1. The summed E-state index contributed by atoms with van der Waals surface area (Å²) in [5, 5.41) is 3.01. The van der Waals surface area contributed by atoms with Crippen LogP contribution in [-0.2, 0) is 9.53 Å². The SMILES string of the molecule is Cl.NC[C@H]1CC[C@@H](C(=O)Nc2cc3c(cc2Sc2ccccc2)OCCO3)O1. The molecule has 28 heavy (non-hydrogen) atoms. The van der Waals surface area contributed by atoms with E-state index in [2.05, 4.69) is 5.32 Å². The molecule has 6 nitrogen and oxygen atoms in total. The molecule has 2 heterocycles. The average molecular weight is 423 g/mol. The van der Waals surface area contributed by atoms with Crippen molar-refractivity contribution >= 4 is 35.8 Å². The van der Waals surface area contributed by atoms with Gasteiger partial charge in [-0.15, -0.1) is 12.4 Å². The van der Waals surface area contributed by atoms with Gasteiger partial charge in [0, 0.05) is 28.5 Å². The molecule has 4 rings (SSSR count). The summed E-state index contributed by atoms with van der Waals surface area (Å²) < 4.78 is 17.1. The van der Waals surface area contributed by atoms with Crippen LogP contribution in [0, 0.1) is 0 Å². The van der Waals surface area contributed by atoms with Gasteiger partial charge in [0.25, 0.3) is 5.91 Å². The Morgan fingerprint density at radius 3 is 2.50 bits per heavy atom. The summed E-state index contributed by atoms with van der Waals surface area (Å²) in [6, 6.07) is 13.7. The minimum absolute atomic E-state index is 0. The standard InChI is InChI=1S/C20H22N2O4S.ClH/c21-12-13-6-7-16(26-13)20(23)22-15-10-17-18(25-9-8-24-17)11-19(15)27-14-4-2-1-3-5-14;/h1-5,10-11,13,16H,6-9,12,21H2,(H,22,23);1H/t13-,16+;/m1./s1. The maximum atomic E-state index is 12.7. The predicted octanol–water partition coefficient (Wildman–Crippen LogP) is 3.48. The first-order valence-corrected chi connectivity index (χ1v) is 9.87. The van der Waals surface area contributed by atoms with Gasteiger partial charge in [-0.1, -0.05) is 30.0 Å². The first-order chi connectivity index (χ1) is 13.2. The molecule has 0 bridgehead atoms. The molecule has 2 aliphatic heterocycles. The van der Waals surface area contributed by atoms with Crippen LogP contribution in [0.3, 0.4) is 0 Å². The second-order valence-electron chi connectivity index (χ2n) is 6.46. The van der Waals surface area contributed by atoms with Crippen molar-refractivity contribution in [2.24, 2.45) is 5.73 Å². The van der Waals surface area contributed by atoms with Gasteiger partial charge in [-0.25, -0.2) is 0 Å². The average Bonchev–Trinajstić information content (AvgIpc) is 3.19. The van der Waals surface area contributed by atoms with Crippen molar-refractivity contribution in [2.75, 3.05) is 25.1 Å². The van der Waals surface area contributed by atoms with Crippen LogP contribution in [0.1, 0.15) is 12.8 Å². The van der Waals surface area contributed by atoms with Crippen molar-refractivity contribution in [3.05, 3.63) is 42.5 Å². The van der Waals surface area contributed by atoms with Gasteiger partial charge < -0.3 is 25.3 Å². The molecule has 1 fully saturated rings. The number of anilines is 1. The van der Waals surface area contributed by atoms with Crippen LogP contribution in [-0.4, -0.2) is 37.9 Å². The fraction of sp³-hybridized carbons (Fsp3) is 0.350. The number of fused-ring (bicyclic) bond motifs is 1. The normalized spacial score (nSPS) is 20.3. The van der Waals surface area contributed by atoms with Crippen molar-refractivity contribution in [3.63, 3.8) is 0 Å². The van der Waals surface area contributed by atoms with Crippen LogP contribution < -0.4 is 20.5 Å². The van der Waals surface area contributed by atoms with Crippen LogP contribution in [0.15, 0.2) is 52.3 Å². The minimum atomic E-state index is -0.471. The van der Waals surface area contributed by atoms with E-state index in [1.54, 1.807) is 11.8 Å². The van der Waals surface area contributed by atoms with Crippen LogP contribution in [0.2, 0.25) is 0 Å². The Labute approximate surface area is 174 Å². The van der Waals surface area contributed by atoms with E-state index in [-0.39, 0.29) is 24.4 Å². The third-order valence-electron chi connectivity index (χ3n) is 4.54. The van der Waals surface area contributed by atoms with Crippen molar-refractivity contribution in [1.29, 1.82) is 0 Å². The molecule has 2 aromatic carbocycles. The van der Waals surface area contributed by atoms with Crippen LogP contribution in [0.25, 0.3) is 0 Å². The molecule has 3 N–H and O–H groups in total. The lowest BCUT2D eigenvalue weighted by Crippen LogP contribution is -2.30. The first kappa shape index (κ1) is 20.8. The number of carbonyl (C=O) groups excluding carboxylic acids is 1. The third-order valence-corrected chi connectivity index (χ3v) is 5.60. The van der Waals surface area contributed by atoms with Crippen LogP contribution >= 0.6 is 24.2 Å². The van der Waals surface area contributed by atoms with Crippen molar-refractivity contribution in [2.45, 2.75) is 34.8 Å². The maximum Gasteiger partial charge on any atom is 0.253 e. The summed E-state index contributed by atoms with van der Waals surface area (Å²) in [5.41, 5.74) is 6.34. The van der Waals surface area contributed by atoms with Gasteiger partial charge >= 0.3 is 0 Å². The Bertz CT molecular complexity index is 821. The Hall–Kier alpha value is -1.93. The number of halogens is 1. The molecular weight excluding hydrogens is 400 g/mol. The smallest absolute Gasteiger partial charge is 0.253 e. The second-order valence-corrected chi connectivity index (χ2v) is 7.57. The van der Waals surface area contributed by atoms with E-state index < -0.39 is 6.10 Å². The highest BCUT2D eigenvalue weighted by Gasteiger charge is 2.30. The maximum absolute atomic E-state index is 12.7. The van der Waals surface area contributed by atoms with Gasteiger partial charge in [-0.05, 0) is 25.0 Å². The van der Waals surface area contributed by atoms with Gasteiger partial charge in [0.2, 0.25) is 0 Å². The van der Waals surface area contributed by atoms with Crippen molar-refractivity contribution in [3.8, 4) is 11.5 Å². The summed E-state index contributed by atoms with van der Waals surface area (Å²) in [6.07, 6.45) is 0.973. The highest BCUT2D eigenvalue weighted by atomic mass is 35.5. The monoisotopic (exact) mass is 422 g/mol. The van der Waals surface area contributed by atoms with Crippen LogP contribution in [0.5, 0.6) is 11.5 Å². The fourth-order valence-electron chi connectivity index (χ4n) is 3.15. The summed E-state index contributed by atoms with van der Waals surface area (Å²) in [7, 11) is 0. The lowest BCUT2D eigenvalue weighted by molar-refractivity contribution is -0.126. The molecule has 0 radical (unpaired) electrons. The zero-order valence-electron chi connectivity index (χ0n) is 15.3. The van der Waals surface area contributed by atoms with Gasteiger partial charge in [0.15, 0.2) is 11.5 Å². The number of hydrogen-bond donors (Lipinski definition) is 2. The summed E-state index contributed by atoms with van der Waals surface area (Å²) in [5.74, 6) is 1.18. The molecule has 2 aliphatic rings. The molecule has 8 heteroatoms. The van der Waals surface area contributed by atoms with E-state index in [4.69, 9.17) is 19.9 Å². The third kappa shape index (κ3) is 4.72. The lowest BCUT2D eigenvalue weighted by atomic mass is 10.2. The number of benzene rings is 2. The minimum Gasteiger partial charge on any atom is -0.486 e. The number of carbonyl (C=O) groups is 1. The predicted molar refractivity (Wildman–Crippen MR) is 111 cm³/mol. The first-order valence-electron chi connectivity index (χ1n) is 9.06. The quantitative estimate of drug-likeness (QED) is 0.767. The molecule has 0 aromatic heterocycles. The second kappa shape index (κ2) is 9.52. The Balaban J connectivity index is 0.00000225.